The molecule has 0 aliphatic carbocycles. The number of aromatic nitrogens is 2. The van der Waals surface area contributed by atoms with Crippen LogP contribution in [0.1, 0.15) is 34.9 Å². The molecule has 276 valence electrons. The maximum atomic E-state index is 13.3. The van der Waals surface area contributed by atoms with Crippen LogP contribution in [0, 0.1) is 17.0 Å². The van der Waals surface area contributed by atoms with Gasteiger partial charge < -0.3 is 32.9 Å². The Bertz CT molecular complexity index is 2160. The summed E-state index contributed by atoms with van der Waals surface area (Å²) in [7, 11) is -2.06. The van der Waals surface area contributed by atoms with Crippen molar-refractivity contribution in [3.8, 4) is 17.2 Å². The summed E-state index contributed by atoms with van der Waals surface area (Å²) < 4.78 is 49.3. The van der Waals surface area contributed by atoms with Gasteiger partial charge in [-0.15, -0.1) is 0 Å². The van der Waals surface area contributed by atoms with Crippen molar-refractivity contribution in [1.29, 1.82) is 0 Å². The minimum atomic E-state index is -5.17. The van der Waals surface area contributed by atoms with E-state index >= 15 is 0 Å². The molecule has 16 heteroatoms. The van der Waals surface area contributed by atoms with Gasteiger partial charge in [0.1, 0.15) is 35.2 Å². The molecule has 1 saturated heterocycles. The molecule has 6 rings (SSSR count). The van der Waals surface area contributed by atoms with Gasteiger partial charge in [0.2, 0.25) is 0 Å². The molecule has 1 fully saturated rings. The quantitative estimate of drug-likeness (QED) is 0.0694. The van der Waals surface area contributed by atoms with Gasteiger partial charge in [0.05, 0.1) is 31.9 Å². The van der Waals surface area contributed by atoms with E-state index in [1.54, 1.807) is 38.5 Å². The van der Waals surface area contributed by atoms with E-state index in [-0.39, 0.29) is 30.0 Å². The summed E-state index contributed by atoms with van der Waals surface area (Å²) in [6.07, 6.45) is -2.32. The van der Waals surface area contributed by atoms with E-state index in [1.807, 2.05) is 54.6 Å². The number of H-pyrrole nitrogens is 1. The predicted molar refractivity (Wildman–Crippen MR) is 189 cm³/mol. The van der Waals surface area contributed by atoms with Crippen LogP contribution in [-0.4, -0.2) is 47.5 Å². The van der Waals surface area contributed by atoms with E-state index in [0.717, 1.165) is 34.4 Å². The Kier molecular flexibility index (Phi) is 10.9. The zero-order chi connectivity index (χ0) is 37.8. The Hall–Kier alpha value is -5.57. The number of rotatable bonds is 14. The van der Waals surface area contributed by atoms with Crippen molar-refractivity contribution in [3.05, 3.63) is 163 Å². The molecule has 15 nitrogen and oxygen atoms in total. The number of benzene rings is 4. The molecule has 0 bridgehead atoms. The number of nitro groups is 1. The van der Waals surface area contributed by atoms with Crippen LogP contribution in [0.3, 0.4) is 0 Å². The predicted octanol–water partition coefficient (Wildman–Crippen LogP) is 5.00. The molecule has 0 radical (unpaired) electrons. The average molecular weight is 745 g/mol. The van der Waals surface area contributed by atoms with Gasteiger partial charge in [-0.1, -0.05) is 54.6 Å². The Labute approximate surface area is 303 Å². The third kappa shape index (κ3) is 8.09. The van der Waals surface area contributed by atoms with E-state index in [1.165, 1.54) is 13.1 Å². The van der Waals surface area contributed by atoms with Crippen LogP contribution in [0.5, 0.6) is 17.2 Å². The number of aryl methyl sites for hydroxylation is 1. The first kappa shape index (κ1) is 37.2. The zero-order valence-corrected chi connectivity index (χ0v) is 29.7. The van der Waals surface area contributed by atoms with Crippen molar-refractivity contribution < 1.29 is 42.4 Å². The van der Waals surface area contributed by atoms with Gasteiger partial charge in [0, 0.05) is 30.3 Å². The summed E-state index contributed by atoms with van der Waals surface area (Å²) in [6.45, 7) is 1.24. The van der Waals surface area contributed by atoms with Gasteiger partial charge in [0.15, 0.2) is 0 Å². The first-order valence-electron chi connectivity index (χ1n) is 16.3. The van der Waals surface area contributed by atoms with E-state index in [9.17, 15) is 29.2 Å². The molecule has 0 amide bonds. The minimum absolute atomic E-state index is 0.168. The lowest BCUT2D eigenvalue weighted by molar-refractivity contribution is -0.384. The molecule has 0 saturated carbocycles. The lowest BCUT2D eigenvalue weighted by atomic mass is 9.80. The molecule has 1 unspecified atom stereocenters. The molecule has 5 aromatic rings. The number of nitro benzene ring substituents is 1. The largest absolute Gasteiger partial charge is 0.746 e. The lowest BCUT2D eigenvalue weighted by Crippen LogP contribution is -2.39. The molecule has 1 aliphatic rings. The standard InChI is InChI=1S/C37H36N3O12P/c1-24-22-39(36(42)38-35(24)41)34-21-32(52-53(45,46)51-31-19-13-28(14-20-31)40(43)44)33(50-34)23-49-37(25-7-5-4-6-8-25,26-9-15-29(47-2)16-10-26)27-11-17-30(48-3)18-12-27/h4-20,22,32-34H,21,23H2,1-3H3,(H,45,46)(H,38,41,42)/p-1/t32-,33+,34+/m0/s1. The second-order valence-electron chi connectivity index (χ2n) is 12.1. The maximum absolute atomic E-state index is 13.3. The number of nitrogens with one attached hydrogen (secondary N) is 1. The number of phosphoric acid groups is 1. The first-order valence-corrected chi connectivity index (χ1v) is 17.8. The van der Waals surface area contributed by atoms with Gasteiger partial charge in [-0.3, -0.25) is 29.0 Å². The second-order valence-corrected chi connectivity index (χ2v) is 13.4. The third-order valence-electron chi connectivity index (χ3n) is 8.80. The number of ether oxygens (including phenoxy) is 4. The number of hydrogen-bond acceptors (Lipinski definition) is 12. The van der Waals surface area contributed by atoms with Crippen LogP contribution in [0.2, 0.25) is 0 Å². The fourth-order valence-electron chi connectivity index (χ4n) is 6.16. The average Bonchev–Trinajstić information content (AvgIpc) is 3.55. The number of non-ortho nitro benzene ring substituents is 1. The summed E-state index contributed by atoms with van der Waals surface area (Å²) >= 11 is 0. The fourth-order valence-corrected chi connectivity index (χ4v) is 7.14. The van der Waals surface area contributed by atoms with Crippen molar-refractivity contribution in [3.63, 3.8) is 0 Å². The third-order valence-corrected chi connectivity index (χ3v) is 9.77. The molecule has 1 N–H and O–H groups in total. The van der Waals surface area contributed by atoms with Crippen molar-refractivity contribution >= 4 is 13.5 Å². The van der Waals surface area contributed by atoms with Crippen LogP contribution in [0.4, 0.5) is 5.69 Å². The second kappa shape index (κ2) is 15.6. The van der Waals surface area contributed by atoms with E-state index in [0.29, 0.717) is 22.6 Å². The molecular formula is C37H35N3O12P-. The highest BCUT2D eigenvalue weighted by atomic mass is 31.2. The van der Waals surface area contributed by atoms with Crippen LogP contribution >= 0.6 is 7.82 Å². The number of hydrogen-bond donors (Lipinski definition) is 1. The Morgan fingerprint density at radius 1 is 0.868 bits per heavy atom. The monoisotopic (exact) mass is 744 g/mol. The number of phosphoric ester groups is 1. The van der Waals surface area contributed by atoms with Crippen LogP contribution in [-0.2, 0) is 24.2 Å². The van der Waals surface area contributed by atoms with E-state index < -0.39 is 48.0 Å². The number of nitrogens with zero attached hydrogens (tertiary/aromatic N) is 2. The smallest absolute Gasteiger partial charge is 0.330 e. The summed E-state index contributed by atoms with van der Waals surface area (Å²) in [5.74, 6) is 1.01. The van der Waals surface area contributed by atoms with Crippen molar-refractivity contribution in [2.75, 3.05) is 20.8 Å². The first-order chi connectivity index (χ1) is 25.4. The van der Waals surface area contributed by atoms with Gasteiger partial charge >= 0.3 is 13.5 Å². The van der Waals surface area contributed by atoms with Gasteiger partial charge in [-0.2, -0.15) is 0 Å². The molecule has 4 aromatic carbocycles. The Balaban J connectivity index is 1.39. The Morgan fingerprint density at radius 2 is 1.42 bits per heavy atom. The van der Waals surface area contributed by atoms with E-state index in [4.69, 9.17) is 28.0 Å². The van der Waals surface area contributed by atoms with Crippen molar-refractivity contribution in [1.82, 2.24) is 9.55 Å². The number of aromatic amines is 1. The lowest BCUT2D eigenvalue weighted by Gasteiger charge is -2.37. The molecule has 4 atom stereocenters. The molecule has 2 heterocycles. The topological polar surface area (TPSA) is 194 Å². The van der Waals surface area contributed by atoms with E-state index in [2.05, 4.69) is 4.98 Å². The normalized spacial score (nSPS) is 18.2. The maximum Gasteiger partial charge on any atom is 0.330 e. The summed E-state index contributed by atoms with van der Waals surface area (Å²) in [6, 6.07) is 28.4. The highest BCUT2D eigenvalue weighted by Gasteiger charge is 2.44. The van der Waals surface area contributed by atoms with Gasteiger partial charge in [-0.25, -0.2) is 4.79 Å². The molecule has 53 heavy (non-hydrogen) atoms. The highest BCUT2D eigenvalue weighted by molar-refractivity contribution is 7.46. The van der Waals surface area contributed by atoms with Gasteiger partial charge in [0.25, 0.3) is 11.2 Å². The zero-order valence-electron chi connectivity index (χ0n) is 28.8. The van der Waals surface area contributed by atoms with Crippen molar-refractivity contribution in [2.24, 2.45) is 0 Å². The van der Waals surface area contributed by atoms with Crippen LogP contribution in [0.25, 0.3) is 0 Å². The summed E-state index contributed by atoms with van der Waals surface area (Å²) in [4.78, 5) is 51.1. The van der Waals surface area contributed by atoms with Crippen LogP contribution < -0.4 is 30.1 Å². The van der Waals surface area contributed by atoms with Crippen molar-refractivity contribution in [2.45, 2.75) is 37.4 Å². The number of methoxy groups -OCH3 is 2. The highest BCUT2D eigenvalue weighted by Crippen LogP contribution is 2.47. The molecule has 0 spiro atoms. The summed E-state index contributed by atoms with van der Waals surface area (Å²) in [5.41, 5.74) is -0.573. The molecule has 1 aromatic heterocycles. The minimum Gasteiger partial charge on any atom is -0.746 e. The van der Waals surface area contributed by atoms with Crippen LogP contribution in [0.15, 0.2) is 119 Å². The molecular weight excluding hydrogens is 709 g/mol. The van der Waals surface area contributed by atoms with Gasteiger partial charge in [-0.05, 0) is 60.0 Å². The SMILES string of the molecule is COc1ccc(C(OC[C@H]2O[C@@H](n3cc(C)c(=O)[nH]c3=O)C[C@@H]2OP(=O)([O-])Oc2ccc([N+](=O)[O-])cc2)(c2ccccc2)c2ccc(OC)cc2)cc1. The fraction of sp³-hybridized carbons (Fsp3) is 0.243. The molecule has 1 aliphatic heterocycles. The summed E-state index contributed by atoms with van der Waals surface area (Å²) in [5, 5.41) is 11.1. The Morgan fingerprint density at radius 3 is 1.96 bits per heavy atom.